The van der Waals surface area contributed by atoms with Gasteiger partial charge in [-0.25, -0.2) is 0 Å². The van der Waals surface area contributed by atoms with Crippen molar-refractivity contribution in [2.75, 3.05) is 12.3 Å². The number of unbranched alkanes of at least 4 members (excludes halogenated alkanes) is 2. The normalized spacial score (nSPS) is 10.1. The highest BCUT2D eigenvalue weighted by molar-refractivity contribution is 5.53. The van der Waals surface area contributed by atoms with Crippen molar-refractivity contribution < 1.29 is 4.74 Å². The predicted octanol–water partition coefficient (Wildman–Crippen LogP) is 3.15. The third-order valence-corrected chi connectivity index (χ3v) is 2.33. The van der Waals surface area contributed by atoms with Gasteiger partial charge in [0.15, 0.2) is 0 Å². The van der Waals surface area contributed by atoms with E-state index in [0.29, 0.717) is 0 Å². The summed E-state index contributed by atoms with van der Waals surface area (Å²) in [5, 5.41) is 0. The van der Waals surface area contributed by atoms with Crippen molar-refractivity contribution in [1.29, 1.82) is 0 Å². The van der Waals surface area contributed by atoms with Crippen molar-refractivity contribution in [2.45, 2.75) is 33.1 Å². The highest BCUT2D eigenvalue weighted by Gasteiger charge is 2.01. The Labute approximate surface area is 86.1 Å². The van der Waals surface area contributed by atoms with Crippen LogP contribution in [0.1, 0.15) is 31.7 Å². The molecule has 0 aliphatic heterocycles. The molecule has 0 aliphatic carbocycles. The van der Waals surface area contributed by atoms with E-state index < -0.39 is 0 Å². The van der Waals surface area contributed by atoms with E-state index in [9.17, 15) is 0 Å². The fourth-order valence-electron chi connectivity index (χ4n) is 1.32. The van der Waals surface area contributed by atoms with Crippen LogP contribution in [0.3, 0.4) is 0 Å². The number of nitrogens with two attached hydrogens (primary N) is 1. The van der Waals surface area contributed by atoms with Gasteiger partial charge in [-0.15, -0.1) is 0 Å². The molecule has 2 heteroatoms. The van der Waals surface area contributed by atoms with E-state index in [1.165, 1.54) is 12.8 Å². The molecule has 14 heavy (non-hydrogen) atoms. The zero-order valence-electron chi connectivity index (χ0n) is 9.05. The van der Waals surface area contributed by atoms with E-state index >= 15 is 0 Å². The lowest BCUT2D eigenvalue weighted by atomic mass is 10.2. The number of ether oxygens (including phenoxy) is 1. The highest BCUT2D eigenvalue weighted by atomic mass is 16.5. The first-order valence-corrected chi connectivity index (χ1v) is 5.23. The smallest absolute Gasteiger partial charge is 0.124 e. The van der Waals surface area contributed by atoms with E-state index in [2.05, 4.69) is 6.92 Å². The Morgan fingerprint density at radius 3 is 2.79 bits per heavy atom. The van der Waals surface area contributed by atoms with Crippen LogP contribution in [0, 0.1) is 6.92 Å². The average Bonchev–Trinajstić information content (AvgIpc) is 2.19. The zero-order chi connectivity index (χ0) is 10.4. The molecule has 0 saturated heterocycles. The topological polar surface area (TPSA) is 35.2 Å². The van der Waals surface area contributed by atoms with Crippen LogP contribution in [-0.2, 0) is 0 Å². The third-order valence-electron chi connectivity index (χ3n) is 2.33. The SMILES string of the molecule is CCCCCOc1cccc(N)c1C. The van der Waals surface area contributed by atoms with Crippen molar-refractivity contribution in [1.82, 2.24) is 0 Å². The van der Waals surface area contributed by atoms with Crippen LogP contribution in [0.25, 0.3) is 0 Å². The number of rotatable bonds is 5. The van der Waals surface area contributed by atoms with E-state index in [1.54, 1.807) is 0 Å². The van der Waals surface area contributed by atoms with Crippen molar-refractivity contribution in [3.63, 3.8) is 0 Å². The van der Waals surface area contributed by atoms with Crippen LogP contribution in [0.15, 0.2) is 18.2 Å². The Morgan fingerprint density at radius 1 is 1.29 bits per heavy atom. The van der Waals surface area contributed by atoms with Crippen molar-refractivity contribution >= 4 is 5.69 Å². The zero-order valence-corrected chi connectivity index (χ0v) is 9.05. The number of hydrogen-bond donors (Lipinski definition) is 1. The molecular weight excluding hydrogens is 174 g/mol. The molecule has 0 spiro atoms. The Bertz CT molecular complexity index is 284. The summed E-state index contributed by atoms with van der Waals surface area (Å²) >= 11 is 0. The minimum atomic E-state index is 0.790. The minimum Gasteiger partial charge on any atom is -0.493 e. The summed E-state index contributed by atoms with van der Waals surface area (Å²) in [5.41, 5.74) is 7.62. The maximum absolute atomic E-state index is 5.77. The van der Waals surface area contributed by atoms with Gasteiger partial charge >= 0.3 is 0 Å². The van der Waals surface area contributed by atoms with Gasteiger partial charge in [-0.1, -0.05) is 25.8 Å². The standard InChI is InChI=1S/C12H19NO/c1-3-4-5-9-14-12-8-6-7-11(13)10(12)2/h6-8H,3-5,9,13H2,1-2H3. The molecule has 0 saturated carbocycles. The van der Waals surface area contributed by atoms with Gasteiger partial charge in [-0.05, 0) is 25.5 Å². The Kier molecular flexibility index (Phi) is 4.30. The molecule has 0 radical (unpaired) electrons. The van der Waals surface area contributed by atoms with Gasteiger partial charge < -0.3 is 10.5 Å². The number of anilines is 1. The summed E-state index contributed by atoms with van der Waals surface area (Å²) in [7, 11) is 0. The molecule has 0 bridgehead atoms. The van der Waals surface area contributed by atoms with E-state index in [1.807, 2.05) is 25.1 Å². The Hall–Kier alpha value is -1.18. The summed E-state index contributed by atoms with van der Waals surface area (Å²) in [5.74, 6) is 0.918. The maximum Gasteiger partial charge on any atom is 0.124 e. The molecule has 78 valence electrons. The predicted molar refractivity (Wildman–Crippen MR) is 60.6 cm³/mol. The summed E-state index contributed by atoms with van der Waals surface area (Å²) in [6.45, 7) is 4.97. The second-order valence-electron chi connectivity index (χ2n) is 3.53. The fraction of sp³-hybridized carbons (Fsp3) is 0.500. The van der Waals surface area contributed by atoms with Crippen LogP contribution < -0.4 is 10.5 Å². The van der Waals surface area contributed by atoms with E-state index in [-0.39, 0.29) is 0 Å². The fourth-order valence-corrected chi connectivity index (χ4v) is 1.32. The first-order valence-electron chi connectivity index (χ1n) is 5.23. The summed E-state index contributed by atoms with van der Waals surface area (Å²) < 4.78 is 5.64. The first-order chi connectivity index (χ1) is 6.75. The van der Waals surface area contributed by atoms with Gasteiger partial charge in [0.1, 0.15) is 5.75 Å². The lowest BCUT2D eigenvalue weighted by Crippen LogP contribution is -2.00. The van der Waals surface area contributed by atoms with Gasteiger partial charge in [0.2, 0.25) is 0 Å². The summed E-state index contributed by atoms with van der Waals surface area (Å²) in [6, 6.07) is 5.80. The van der Waals surface area contributed by atoms with Crippen LogP contribution in [0.5, 0.6) is 5.75 Å². The van der Waals surface area contributed by atoms with E-state index in [4.69, 9.17) is 10.5 Å². The molecule has 0 aliphatic rings. The number of hydrogen-bond acceptors (Lipinski definition) is 2. The monoisotopic (exact) mass is 193 g/mol. The summed E-state index contributed by atoms with van der Waals surface area (Å²) in [6.07, 6.45) is 3.56. The highest BCUT2D eigenvalue weighted by Crippen LogP contribution is 2.22. The van der Waals surface area contributed by atoms with E-state index in [0.717, 1.165) is 30.0 Å². The minimum absolute atomic E-state index is 0.790. The van der Waals surface area contributed by atoms with Gasteiger partial charge in [-0.2, -0.15) is 0 Å². The first kappa shape index (κ1) is 10.9. The third kappa shape index (κ3) is 2.95. The molecule has 0 aromatic heterocycles. The molecule has 0 unspecified atom stereocenters. The van der Waals surface area contributed by atoms with Crippen LogP contribution >= 0.6 is 0 Å². The van der Waals surface area contributed by atoms with Gasteiger partial charge in [0.25, 0.3) is 0 Å². The lowest BCUT2D eigenvalue weighted by Gasteiger charge is -2.09. The quantitative estimate of drug-likeness (QED) is 0.576. The molecule has 0 heterocycles. The molecule has 0 atom stereocenters. The Balaban J connectivity index is 2.46. The van der Waals surface area contributed by atoms with Crippen molar-refractivity contribution in [3.8, 4) is 5.75 Å². The number of nitrogen functional groups attached to an aromatic ring is 1. The Morgan fingerprint density at radius 2 is 2.07 bits per heavy atom. The van der Waals surface area contributed by atoms with Gasteiger partial charge in [-0.3, -0.25) is 0 Å². The van der Waals surface area contributed by atoms with Gasteiger partial charge in [0, 0.05) is 11.3 Å². The molecule has 2 nitrogen and oxygen atoms in total. The summed E-state index contributed by atoms with van der Waals surface area (Å²) in [4.78, 5) is 0. The molecule has 0 fully saturated rings. The molecule has 0 amide bonds. The lowest BCUT2D eigenvalue weighted by molar-refractivity contribution is 0.304. The molecule has 1 rings (SSSR count). The van der Waals surface area contributed by atoms with Crippen molar-refractivity contribution in [3.05, 3.63) is 23.8 Å². The molecule has 1 aromatic carbocycles. The molecule has 2 N–H and O–H groups in total. The van der Waals surface area contributed by atoms with Crippen LogP contribution in [0.4, 0.5) is 5.69 Å². The average molecular weight is 193 g/mol. The van der Waals surface area contributed by atoms with Crippen molar-refractivity contribution in [2.24, 2.45) is 0 Å². The second-order valence-corrected chi connectivity index (χ2v) is 3.53. The van der Waals surface area contributed by atoms with Crippen LogP contribution in [-0.4, -0.2) is 6.61 Å². The second kappa shape index (κ2) is 5.53. The number of benzene rings is 1. The molecule has 1 aromatic rings. The molecular formula is C12H19NO. The maximum atomic E-state index is 5.77. The largest absolute Gasteiger partial charge is 0.493 e. The van der Waals surface area contributed by atoms with Crippen LogP contribution in [0.2, 0.25) is 0 Å². The van der Waals surface area contributed by atoms with Gasteiger partial charge in [0.05, 0.1) is 6.61 Å².